The molecule has 0 saturated heterocycles. The van der Waals surface area contributed by atoms with Crippen LogP contribution in [-0.2, 0) is 28.3 Å². The number of aromatic nitrogens is 1. The Labute approximate surface area is 229 Å². The average Bonchev–Trinajstić information content (AvgIpc) is 3.46. The monoisotopic (exact) mass is 525 g/mol. The second-order valence-corrected chi connectivity index (χ2v) is 10.6. The number of ether oxygens (including phenoxy) is 3. The Hall–Kier alpha value is -4.06. The Balaban J connectivity index is 1.36. The normalized spacial score (nSPS) is 16.1. The van der Waals surface area contributed by atoms with E-state index in [1.165, 1.54) is 5.56 Å². The number of fused-ring (bicyclic) bond motifs is 2. The van der Waals surface area contributed by atoms with Crippen molar-refractivity contribution in [3.8, 4) is 11.5 Å². The maximum atomic E-state index is 13.7. The fourth-order valence-electron chi connectivity index (χ4n) is 5.18. The van der Waals surface area contributed by atoms with Gasteiger partial charge in [-0.25, -0.2) is 0 Å². The molecular formula is C33H35NO5. The van der Waals surface area contributed by atoms with E-state index in [1.807, 2.05) is 54.1 Å². The number of carbonyl (C=O) groups excluding carboxylic acids is 2. The number of rotatable bonds is 10. The first-order valence-electron chi connectivity index (χ1n) is 13.7. The third-order valence-electron chi connectivity index (χ3n) is 7.06. The van der Waals surface area contributed by atoms with Gasteiger partial charge in [-0.1, -0.05) is 56.3 Å². The minimum Gasteiger partial charge on any atom is -0.466 e. The molecule has 0 N–H and O–H groups in total. The molecule has 3 aromatic carbocycles. The maximum absolute atomic E-state index is 13.7. The summed E-state index contributed by atoms with van der Waals surface area (Å²) in [6.45, 7) is 9.10. The lowest BCUT2D eigenvalue weighted by Gasteiger charge is -2.23. The highest BCUT2D eigenvalue weighted by Crippen LogP contribution is 2.44. The second kappa shape index (κ2) is 11.0. The highest BCUT2D eigenvalue weighted by atomic mass is 16.7. The quantitative estimate of drug-likeness (QED) is 0.164. The van der Waals surface area contributed by atoms with Gasteiger partial charge in [-0.05, 0) is 55.5 Å². The number of ketones is 1. The molecule has 39 heavy (non-hydrogen) atoms. The van der Waals surface area contributed by atoms with Crippen LogP contribution in [0.4, 0.5) is 0 Å². The topological polar surface area (TPSA) is 66.8 Å². The lowest BCUT2D eigenvalue weighted by Crippen LogP contribution is -2.31. The Bertz CT molecular complexity index is 1500. The van der Waals surface area contributed by atoms with Gasteiger partial charge in [-0.3, -0.25) is 9.59 Å². The van der Waals surface area contributed by atoms with Gasteiger partial charge in [-0.15, -0.1) is 0 Å². The molecule has 0 amide bonds. The van der Waals surface area contributed by atoms with Gasteiger partial charge < -0.3 is 18.8 Å². The first-order valence-corrected chi connectivity index (χ1v) is 13.7. The maximum Gasteiger partial charge on any atom is 0.305 e. The van der Waals surface area contributed by atoms with E-state index in [-0.39, 0.29) is 11.8 Å². The summed E-state index contributed by atoms with van der Waals surface area (Å²) in [5.74, 6) is 0.492. The van der Waals surface area contributed by atoms with Crippen LogP contribution < -0.4 is 9.47 Å². The van der Waals surface area contributed by atoms with E-state index in [0.29, 0.717) is 54.5 Å². The van der Waals surface area contributed by atoms with E-state index in [2.05, 4.69) is 26.0 Å². The smallest absolute Gasteiger partial charge is 0.305 e. The average molecular weight is 526 g/mol. The van der Waals surface area contributed by atoms with Crippen molar-refractivity contribution in [2.45, 2.75) is 59.3 Å². The molecule has 0 fully saturated rings. The fourth-order valence-corrected chi connectivity index (χ4v) is 5.18. The zero-order valence-corrected chi connectivity index (χ0v) is 23.0. The number of para-hydroxylation sites is 1. The van der Waals surface area contributed by atoms with Gasteiger partial charge in [0.2, 0.25) is 0 Å². The molecule has 1 aliphatic heterocycles. The number of carbonyl (C=O) groups is 2. The van der Waals surface area contributed by atoms with Crippen LogP contribution >= 0.6 is 0 Å². The van der Waals surface area contributed by atoms with Gasteiger partial charge >= 0.3 is 5.97 Å². The van der Waals surface area contributed by atoms with Crippen LogP contribution in [0, 0.1) is 5.92 Å². The fraction of sp³-hybridized carbons (Fsp3) is 0.333. The summed E-state index contributed by atoms with van der Waals surface area (Å²) >= 11 is 0. The van der Waals surface area contributed by atoms with E-state index in [4.69, 9.17) is 14.2 Å². The molecule has 0 spiro atoms. The summed E-state index contributed by atoms with van der Waals surface area (Å²) < 4.78 is 19.6. The Morgan fingerprint density at radius 3 is 2.46 bits per heavy atom. The minimum absolute atomic E-state index is 0.0895. The standard InChI is InChI=1S/C33H35NO5/c1-5-37-31(35)11-8-18-34-21-27(26-9-6-7-10-28(26)34)32(36)24-14-17-29-30(20-24)39-33(4,38-29)25-15-12-23(13-16-25)19-22(2)3/h6-7,9-10,12-17,20-22H,5,8,11,18-19H2,1-4H3. The van der Waals surface area contributed by atoms with Crippen LogP contribution in [0.1, 0.15) is 67.6 Å². The molecule has 6 heteroatoms. The molecule has 0 bridgehead atoms. The van der Waals surface area contributed by atoms with Gasteiger partial charge in [0.1, 0.15) is 0 Å². The van der Waals surface area contributed by atoms with Crippen molar-refractivity contribution in [1.29, 1.82) is 0 Å². The summed E-state index contributed by atoms with van der Waals surface area (Å²) in [6, 6.07) is 21.5. The molecule has 0 saturated carbocycles. The van der Waals surface area contributed by atoms with E-state index in [1.54, 1.807) is 25.1 Å². The zero-order chi connectivity index (χ0) is 27.6. The molecule has 4 aromatic rings. The van der Waals surface area contributed by atoms with E-state index >= 15 is 0 Å². The van der Waals surface area contributed by atoms with Gasteiger partial charge in [0.25, 0.3) is 5.79 Å². The highest BCUT2D eigenvalue weighted by Gasteiger charge is 2.39. The number of hydrogen-bond donors (Lipinski definition) is 0. The number of aryl methyl sites for hydroxylation is 1. The third kappa shape index (κ3) is 5.56. The molecular weight excluding hydrogens is 490 g/mol. The van der Waals surface area contributed by atoms with Crippen LogP contribution in [0.15, 0.2) is 72.9 Å². The van der Waals surface area contributed by atoms with Crippen LogP contribution in [0.5, 0.6) is 11.5 Å². The lowest BCUT2D eigenvalue weighted by atomic mass is 9.99. The van der Waals surface area contributed by atoms with Crippen molar-refractivity contribution in [3.05, 3.63) is 95.2 Å². The molecule has 1 aliphatic rings. The van der Waals surface area contributed by atoms with Gasteiger partial charge in [-0.2, -0.15) is 0 Å². The summed E-state index contributed by atoms with van der Waals surface area (Å²) in [5.41, 5.74) is 4.30. The van der Waals surface area contributed by atoms with Crippen molar-refractivity contribution in [2.24, 2.45) is 5.92 Å². The van der Waals surface area contributed by atoms with Crippen molar-refractivity contribution in [2.75, 3.05) is 6.61 Å². The lowest BCUT2D eigenvalue weighted by molar-refractivity contribution is -0.143. The first kappa shape index (κ1) is 26.5. The van der Waals surface area contributed by atoms with Crippen LogP contribution in [0.3, 0.4) is 0 Å². The molecule has 0 radical (unpaired) electrons. The number of hydrogen-bond acceptors (Lipinski definition) is 5. The molecule has 5 rings (SSSR count). The van der Waals surface area contributed by atoms with Gasteiger partial charge in [0, 0.05) is 53.7 Å². The van der Waals surface area contributed by atoms with Crippen molar-refractivity contribution in [1.82, 2.24) is 4.57 Å². The van der Waals surface area contributed by atoms with Crippen LogP contribution in [0.2, 0.25) is 0 Å². The number of nitrogens with zero attached hydrogens (tertiary/aromatic N) is 1. The number of esters is 1. The van der Waals surface area contributed by atoms with Gasteiger partial charge in [0.15, 0.2) is 17.3 Å². The molecule has 0 aliphatic carbocycles. The SMILES string of the molecule is CCOC(=O)CCCn1cc(C(=O)c2ccc3c(c2)OC(C)(c2ccc(CC(C)C)cc2)O3)c2ccccc21. The predicted molar refractivity (Wildman–Crippen MR) is 151 cm³/mol. The molecule has 6 nitrogen and oxygen atoms in total. The Morgan fingerprint density at radius 1 is 0.974 bits per heavy atom. The Kier molecular flexibility index (Phi) is 7.47. The summed E-state index contributed by atoms with van der Waals surface area (Å²) in [6.07, 6.45) is 3.87. The largest absolute Gasteiger partial charge is 0.466 e. The molecule has 202 valence electrons. The minimum atomic E-state index is -0.963. The highest BCUT2D eigenvalue weighted by molar-refractivity contribution is 6.16. The first-order chi connectivity index (χ1) is 18.8. The van der Waals surface area contributed by atoms with Gasteiger partial charge in [0.05, 0.1) is 6.61 Å². The van der Waals surface area contributed by atoms with Crippen molar-refractivity contribution in [3.63, 3.8) is 0 Å². The van der Waals surface area contributed by atoms with E-state index in [9.17, 15) is 9.59 Å². The van der Waals surface area contributed by atoms with Crippen LogP contribution in [0.25, 0.3) is 10.9 Å². The number of benzene rings is 3. The summed E-state index contributed by atoms with van der Waals surface area (Å²) in [4.78, 5) is 25.5. The Morgan fingerprint density at radius 2 is 1.72 bits per heavy atom. The van der Waals surface area contributed by atoms with Crippen LogP contribution in [-0.4, -0.2) is 22.9 Å². The van der Waals surface area contributed by atoms with Crippen molar-refractivity contribution < 1.29 is 23.8 Å². The zero-order valence-electron chi connectivity index (χ0n) is 23.0. The molecule has 2 heterocycles. The van der Waals surface area contributed by atoms with E-state index < -0.39 is 5.79 Å². The molecule has 1 atom stereocenters. The second-order valence-electron chi connectivity index (χ2n) is 10.6. The molecule has 1 unspecified atom stereocenters. The summed E-state index contributed by atoms with van der Waals surface area (Å²) in [7, 11) is 0. The molecule has 1 aromatic heterocycles. The summed E-state index contributed by atoms with van der Waals surface area (Å²) in [5, 5.41) is 0.877. The third-order valence-corrected chi connectivity index (χ3v) is 7.06. The predicted octanol–water partition coefficient (Wildman–Crippen LogP) is 7.06. The van der Waals surface area contributed by atoms with Crippen molar-refractivity contribution >= 4 is 22.7 Å². The van der Waals surface area contributed by atoms with E-state index in [0.717, 1.165) is 22.9 Å².